The van der Waals surface area contributed by atoms with Crippen molar-refractivity contribution in [3.63, 3.8) is 0 Å². The Labute approximate surface area is 139 Å². The maximum Gasteiger partial charge on any atom is 0.394 e. The zero-order valence-electron chi connectivity index (χ0n) is 15.1. The molecule has 0 bridgehead atoms. The van der Waals surface area contributed by atoms with E-state index >= 15 is 0 Å². The van der Waals surface area contributed by atoms with Gasteiger partial charge in [0.05, 0.1) is 0 Å². The van der Waals surface area contributed by atoms with Gasteiger partial charge in [0.2, 0.25) is 0 Å². The average Bonchev–Trinajstić information content (AvgIpc) is 2.44. The second kappa shape index (κ2) is 14.9. The smallest absolute Gasteiger partial charge is 0.264 e. The molecule has 0 unspecified atom stereocenters. The molecule has 2 N–H and O–H groups in total. The van der Waals surface area contributed by atoms with E-state index in [1.54, 1.807) is 24.6 Å². The van der Waals surface area contributed by atoms with Crippen molar-refractivity contribution in [2.45, 2.75) is 79.1 Å². The summed E-state index contributed by atoms with van der Waals surface area (Å²) < 4.78 is 31.6. The standard InChI is InChI=1S/C16H37P.H2O4S/c1-5-9-13-17(14-10-6-2,15-11-7-3)16-12-8-4;1-5(2,3)4/h17H,5-16H2,1-4H3;(H2,1,2,3,4). The molecule has 0 amide bonds. The quantitative estimate of drug-likeness (QED) is 0.367. The zero-order chi connectivity index (χ0) is 17.5. The molecule has 0 spiro atoms. The summed E-state index contributed by atoms with van der Waals surface area (Å²) in [6.45, 7) is 9.44. The van der Waals surface area contributed by atoms with Crippen molar-refractivity contribution in [1.82, 2.24) is 0 Å². The van der Waals surface area contributed by atoms with E-state index in [9.17, 15) is 0 Å². The summed E-state index contributed by atoms with van der Waals surface area (Å²) in [7, 11) is -5.55. The Bertz CT molecular complexity index is 286. The van der Waals surface area contributed by atoms with Gasteiger partial charge in [-0.1, -0.05) is 0 Å². The van der Waals surface area contributed by atoms with Gasteiger partial charge in [-0.05, 0) is 0 Å². The van der Waals surface area contributed by atoms with Crippen molar-refractivity contribution in [3.05, 3.63) is 0 Å². The number of rotatable bonds is 12. The first-order valence-corrected chi connectivity index (χ1v) is 13.2. The molecule has 0 fully saturated rings. The van der Waals surface area contributed by atoms with Gasteiger partial charge in [-0.3, -0.25) is 9.11 Å². The average molecular weight is 359 g/mol. The Balaban J connectivity index is 0. The first kappa shape index (κ1) is 24.6. The molecule has 6 heteroatoms. The monoisotopic (exact) mass is 358 g/mol. The van der Waals surface area contributed by atoms with Crippen LogP contribution in [0.25, 0.3) is 0 Å². The van der Waals surface area contributed by atoms with Crippen LogP contribution in [0.4, 0.5) is 0 Å². The summed E-state index contributed by atoms with van der Waals surface area (Å²) in [5.41, 5.74) is 0. The van der Waals surface area contributed by atoms with Gasteiger partial charge in [-0.2, -0.15) is 8.42 Å². The van der Waals surface area contributed by atoms with Crippen LogP contribution in [-0.2, 0) is 10.4 Å². The molecular weight excluding hydrogens is 319 g/mol. The maximum atomic E-state index is 8.74. The largest absolute Gasteiger partial charge is 0.394 e. The third-order valence-corrected chi connectivity index (χ3v) is 9.90. The molecule has 0 aliphatic rings. The van der Waals surface area contributed by atoms with Gasteiger partial charge in [0.15, 0.2) is 0 Å². The van der Waals surface area contributed by atoms with Crippen LogP contribution in [0.2, 0.25) is 0 Å². The van der Waals surface area contributed by atoms with Crippen LogP contribution in [0.3, 0.4) is 0 Å². The van der Waals surface area contributed by atoms with Gasteiger partial charge in [0.25, 0.3) is 0 Å². The van der Waals surface area contributed by atoms with Gasteiger partial charge in [0, 0.05) is 0 Å². The second-order valence-electron chi connectivity index (χ2n) is 6.36. The van der Waals surface area contributed by atoms with Crippen molar-refractivity contribution in [2.24, 2.45) is 0 Å². The van der Waals surface area contributed by atoms with Crippen molar-refractivity contribution in [2.75, 3.05) is 24.6 Å². The maximum absolute atomic E-state index is 8.74. The van der Waals surface area contributed by atoms with E-state index in [1.807, 2.05) is 0 Å². The molecule has 0 radical (unpaired) electrons. The molecule has 0 saturated heterocycles. The predicted molar refractivity (Wildman–Crippen MR) is 102 cm³/mol. The molecule has 4 nitrogen and oxygen atoms in total. The van der Waals surface area contributed by atoms with E-state index < -0.39 is 17.7 Å². The normalized spacial score (nSPS) is 12.6. The zero-order valence-corrected chi connectivity index (χ0v) is 16.9. The van der Waals surface area contributed by atoms with Crippen LogP contribution in [0, 0.1) is 0 Å². The van der Waals surface area contributed by atoms with Crippen LogP contribution >= 0.6 is 7.26 Å². The molecule has 0 atom stereocenters. The fraction of sp³-hybridized carbons (Fsp3) is 1.00. The summed E-state index contributed by atoms with van der Waals surface area (Å²) in [5, 5.41) is 0. The summed E-state index contributed by atoms with van der Waals surface area (Å²) in [6, 6.07) is 0. The predicted octanol–water partition coefficient (Wildman–Crippen LogP) is 5.28. The van der Waals surface area contributed by atoms with E-state index in [4.69, 9.17) is 17.5 Å². The summed E-state index contributed by atoms with van der Waals surface area (Å²) in [5.74, 6) is 0. The molecule has 0 heterocycles. The molecule has 0 aromatic rings. The Morgan fingerprint density at radius 3 is 0.955 bits per heavy atom. The van der Waals surface area contributed by atoms with Gasteiger partial charge in [0.1, 0.15) is 0 Å². The van der Waals surface area contributed by atoms with Crippen molar-refractivity contribution in [1.29, 1.82) is 0 Å². The summed E-state index contributed by atoms with van der Waals surface area (Å²) >= 11 is 0. The summed E-state index contributed by atoms with van der Waals surface area (Å²) in [6.07, 6.45) is 18.1. The van der Waals surface area contributed by atoms with E-state index in [-0.39, 0.29) is 0 Å². The minimum atomic E-state index is -4.67. The fourth-order valence-corrected chi connectivity index (χ4v) is 8.87. The number of hydrogen-bond donors (Lipinski definition) is 2. The third kappa shape index (κ3) is 18.3. The topological polar surface area (TPSA) is 74.6 Å². The molecule has 22 heavy (non-hydrogen) atoms. The van der Waals surface area contributed by atoms with E-state index in [2.05, 4.69) is 27.7 Å². The Kier molecular flexibility index (Phi) is 16.6. The minimum Gasteiger partial charge on any atom is -0.264 e. The number of hydrogen-bond acceptors (Lipinski definition) is 2. The Morgan fingerprint density at radius 2 is 0.818 bits per heavy atom. The SMILES string of the molecule is CCCC[PH](CCCC)(CCCC)CCCC.O=S(=O)(O)O. The molecule has 0 saturated carbocycles. The summed E-state index contributed by atoms with van der Waals surface area (Å²) in [4.78, 5) is 0. The van der Waals surface area contributed by atoms with E-state index in [0.717, 1.165) is 0 Å². The van der Waals surface area contributed by atoms with Crippen LogP contribution in [-0.4, -0.2) is 42.2 Å². The fourth-order valence-electron chi connectivity index (χ4n) is 2.96. The first-order chi connectivity index (χ1) is 10.2. The molecule has 0 aromatic heterocycles. The van der Waals surface area contributed by atoms with Crippen molar-refractivity contribution in [3.8, 4) is 0 Å². The van der Waals surface area contributed by atoms with E-state index in [1.165, 1.54) is 51.4 Å². The van der Waals surface area contributed by atoms with Crippen molar-refractivity contribution < 1.29 is 17.5 Å². The van der Waals surface area contributed by atoms with Crippen LogP contribution < -0.4 is 0 Å². The van der Waals surface area contributed by atoms with Gasteiger partial charge in [-0.15, -0.1) is 0 Å². The molecule has 0 aliphatic carbocycles. The van der Waals surface area contributed by atoms with Crippen LogP contribution in [0.1, 0.15) is 79.1 Å². The molecule has 0 aromatic carbocycles. The Hall–Kier alpha value is 0.300. The first-order valence-electron chi connectivity index (χ1n) is 8.94. The van der Waals surface area contributed by atoms with Crippen LogP contribution in [0.15, 0.2) is 0 Å². The molecule has 138 valence electrons. The molecule has 0 aliphatic heterocycles. The van der Waals surface area contributed by atoms with Gasteiger partial charge < -0.3 is 0 Å². The molecule has 0 rings (SSSR count). The number of unbranched alkanes of at least 4 members (excludes halogenated alkanes) is 4. The molecular formula is C16H39O4PS. The second-order valence-corrected chi connectivity index (χ2v) is 12.3. The van der Waals surface area contributed by atoms with Crippen molar-refractivity contribution >= 4 is 17.7 Å². The van der Waals surface area contributed by atoms with Crippen LogP contribution in [0.5, 0.6) is 0 Å². The van der Waals surface area contributed by atoms with Gasteiger partial charge >= 0.3 is 121 Å². The minimum absolute atomic E-state index is 0.879. The Morgan fingerprint density at radius 1 is 0.636 bits per heavy atom. The third-order valence-electron chi connectivity index (χ3n) is 4.24. The van der Waals surface area contributed by atoms with Gasteiger partial charge in [-0.25, -0.2) is 0 Å². The van der Waals surface area contributed by atoms with E-state index in [0.29, 0.717) is 0 Å².